The molecule has 0 aliphatic heterocycles. The topological polar surface area (TPSA) is 56.8 Å². The Kier molecular flexibility index (Phi) is 3.96. The van der Waals surface area contributed by atoms with Crippen LogP contribution in [-0.4, -0.2) is 6.36 Å². The van der Waals surface area contributed by atoms with Crippen molar-refractivity contribution in [3.63, 3.8) is 0 Å². The predicted molar refractivity (Wildman–Crippen MR) is 57.1 cm³/mol. The SMILES string of the molecule is Cc1ccc(OC(F)(F)F)cc1C=C(C#N)C#N. The second kappa shape index (κ2) is 5.24. The van der Waals surface area contributed by atoms with Crippen LogP contribution in [0.5, 0.6) is 5.75 Å². The minimum atomic E-state index is -4.77. The summed E-state index contributed by atoms with van der Waals surface area (Å²) in [5, 5.41) is 17.2. The van der Waals surface area contributed by atoms with Gasteiger partial charge in [-0.15, -0.1) is 13.2 Å². The van der Waals surface area contributed by atoms with Gasteiger partial charge in [-0.2, -0.15) is 10.5 Å². The number of hydrogen-bond donors (Lipinski definition) is 0. The Morgan fingerprint density at radius 2 is 1.89 bits per heavy atom. The minimum absolute atomic E-state index is 0.192. The van der Waals surface area contributed by atoms with Gasteiger partial charge in [0.15, 0.2) is 0 Å². The van der Waals surface area contributed by atoms with Gasteiger partial charge in [0.05, 0.1) is 0 Å². The van der Waals surface area contributed by atoms with Gasteiger partial charge in [-0.25, -0.2) is 0 Å². The normalized spacial score (nSPS) is 10.1. The lowest BCUT2D eigenvalue weighted by atomic mass is 10.1. The number of nitrogens with zero attached hydrogens (tertiary/aromatic N) is 2. The van der Waals surface area contributed by atoms with E-state index in [0.717, 1.165) is 6.07 Å². The van der Waals surface area contributed by atoms with E-state index in [2.05, 4.69) is 4.74 Å². The molecule has 1 aromatic rings. The lowest BCUT2D eigenvalue weighted by molar-refractivity contribution is -0.274. The number of hydrogen-bond acceptors (Lipinski definition) is 3. The molecule has 0 unspecified atom stereocenters. The molecule has 0 N–H and O–H groups in total. The smallest absolute Gasteiger partial charge is 0.406 e. The second-order valence-corrected chi connectivity index (χ2v) is 3.35. The maximum absolute atomic E-state index is 12.0. The Bertz CT molecular complexity index is 546. The van der Waals surface area contributed by atoms with E-state index in [1.54, 1.807) is 19.1 Å². The molecular weight excluding hydrogens is 245 g/mol. The molecular formula is C12H7F3N2O. The Balaban J connectivity index is 3.15. The van der Waals surface area contributed by atoms with E-state index in [1.807, 2.05) is 0 Å². The summed E-state index contributed by atoms with van der Waals surface area (Å²) in [5.41, 5.74) is 0.768. The molecule has 92 valence electrons. The van der Waals surface area contributed by atoms with Crippen molar-refractivity contribution >= 4 is 6.08 Å². The van der Waals surface area contributed by atoms with Crippen molar-refractivity contribution in [2.24, 2.45) is 0 Å². The van der Waals surface area contributed by atoms with Crippen LogP contribution in [-0.2, 0) is 0 Å². The van der Waals surface area contributed by atoms with Gasteiger partial charge in [-0.05, 0) is 36.3 Å². The van der Waals surface area contributed by atoms with Crippen LogP contribution in [0.15, 0.2) is 23.8 Å². The standard InChI is InChI=1S/C12H7F3N2O/c1-8-2-3-11(18-12(13,14)15)5-10(8)4-9(6-16)7-17/h2-5H,1H3. The summed E-state index contributed by atoms with van der Waals surface area (Å²) in [7, 11) is 0. The fourth-order valence-electron chi connectivity index (χ4n) is 1.22. The van der Waals surface area contributed by atoms with Gasteiger partial charge in [-0.1, -0.05) is 6.07 Å². The summed E-state index contributed by atoms with van der Waals surface area (Å²) in [6, 6.07) is 6.97. The van der Waals surface area contributed by atoms with Crippen LogP contribution < -0.4 is 4.74 Å². The maximum Gasteiger partial charge on any atom is 0.573 e. The highest BCUT2D eigenvalue weighted by Crippen LogP contribution is 2.25. The second-order valence-electron chi connectivity index (χ2n) is 3.35. The predicted octanol–water partition coefficient (Wildman–Crippen LogP) is 3.32. The third-order valence-corrected chi connectivity index (χ3v) is 2.03. The molecule has 1 aromatic carbocycles. The molecule has 0 spiro atoms. The zero-order chi connectivity index (χ0) is 13.8. The van der Waals surface area contributed by atoms with Crippen molar-refractivity contribution in [2.45, 2.75) is 13.3 Å². The first-order valence-corrected chi connectivity index (χ1v) is 4.74. The molecule has 0 saturated carbocycles. The Labute approximate surface area is 101 Å². The van der Waals surface area contributed by atoms with Gasteiger partial charge in [0.2, 0.25) is 0 Å². The molecule has 0 bridgehead atoms. The zero-order valence-corrected chi connectivity index (χ0v) is 9.25. The number of alkyl halides is 3. The zero-order valence-electron chi connectivity index (χ0n) is 9.25. The Hall–Kier alpha value is -2.47. The minimum Gasteiger partial charge on any atom is -0.406 e. The highest BCUT2D eigenvalue weighted by Gasteiger charge is 2.31. The average Bonchev–Trinajstić information content (AvgIpc) is 2.28. The Morgan fingerprint density at radius 3 is 2.39 bits per heavy atom. The van der Waals surface area contributed by atoms with Crippen LogP contribution in [0.1, 0.15) is 11.1 Å². The van der Waals surface area contributed by atoms with Crippen molar-refractivity contribution in [1.82, 2.24) is 0 Å². The fraction of sp³-hybridized carbons (Fsp3) is 0.167. The summed E-state index contributed by atoms with van der Waals surface area (Å²) in [4.78, 5) is 0. The largest absolute Gasteiger partial charge is 0.573 e. The van der Waals surface area contributed by atoms with E-state index < -0.39 is 12.1 Å². The monoisotopic (exact) mass is 252 g/mol. The van der Waals surface area contributed by atoms with Crippen LogP contribution in [0.3, 0.4) is 0 Å². The summed E-state index contributed by atoms with van der Waals surface area (Å²) in [5.74, 6) is -0.394. The molecule has 0 fully saturated rings. The van der Waals surface area contributed by atoms with Gasteiger partial charge in [0, 0.05) is 0 Å². The number of allylic oxidation sites excluding steroid dienone is 1. The molecule has 1 rings (SSSR count). The average molecular weight is 252 g/mol. The van der Waals surface area contributed by atoms with Crippen molar-refractivity contribution < 1.29 is 17.9 Å². The van der Waals surface area contributed by atoms with Gasteiger partial charge in [-0.3, -0.25) is 0 Å². The van der Waals surface area contributed by atoms with Gasteiger partial charge < -0.3 is 4.74 Å². The molecule has 0 saturated heterocycles. The molecule has 0 amide bonds. The first-order valence-electron chi connectivity index (χ1n) is 4.74. The summed E-state index contributed by atoms with van der Waals surface area (Å²) in [6.45, 7) is 1.65. The number of nitriles is 2. The first kappa shape index (κ1) is 13.6. The van der Waals surface area contributed by atoms with Crippen LogP contribution in [0.2, 0.25) is 0 Å². The van der Waals surface area contributed by atoms with Crippen molar-refractivity contribution in [1.29, 1.82) is 10.5 Å². The third kappa shape index (κ3) is 3.84. The lowest BCUT2D eigenvalue weighted by Gasteiger charge is -2.10. The molecule has 6 heteroatoms. The summed E-state index contributed by atoms with van der Waals surface area (Å²) < 4.78 is 39.8. The van der Waals surface area contributed by atoms with E-state index in [9.17, 15) is 13.2 Å². The third-order valence-electron chi connectivity index (χ3n) is 2.03. The number of aryl methyl sites for hydroxylation is 1. The first-order chi connectivity index (χ1) is 8.35. The van der Waals surface area contributed by atoms with E-state index >= 15 is 0 Å². The summed E-state index contributed by atoms with van der Waals surface area (Å²) >= 11 is 0. The molecule has 0 atom stereocenters. The van der Waals surface area contributed by atoms with Gasteiger partial charge in [0.25, 0.3) is 0 Å². The van der Waals surface area contributed by atoms with Gasteiger partial charge in [0.1, 0.15) is 23.5 Å². The number of ether oxygens (including phenoxy) is 1. The number of benzene rings is 1. The van der Waals surface area contributed by atoms with Crippen molar-refractivity contribution in [2.75, 3.05) is 0 Å². The van der Waals surface area contributed by atoms with Crippen LogP contribution in [0.25, 0.3) is 6.08 Å². The molecule has 0 radical (unpaired) electrons. The molecule has 0 aliphatic carbocycles. The molecule has 0 heterocycles. The van der Waals surface area contributed by atoms with E-state index in [4.69, 9.17) is 10.5 Å². The highest BCUT2D eigenvalue weighted by atomic mass is 19.4. The van der Waals surface area contributed by atoms with Crippen LogP contribution in [0.4, 0.5) is 13.2 Å². The molecule has 0 aliphatic rings. The lowest BCUT2D eigenvalue weighted by Crippen LogP contribution is -2.17. The number of halogens is 3. The molecule has 0 aromatic heterocycles. The van der Waals surface area contributed by atoms with Gasteiger partial charge >= 0.3 is 6.36 Å². The maximum atomic E-state index is 12.0. The van der Waals surface area contributed by atoms with E-state index in [0.29, 0.717) is 11.1 Å². The highest BCUT2D eigenvalue weighted by molar-refractivity contribution is 5.65. The quantitative estimate of drug-likeness (QED) is 0.758. The van der Waals surface area contributed by atoms with Crippen molar-refractivity contribution in [3.8, 4) is 17.9 Å². The fourth-order valence-corrected chi connectivity index (χ4v) is 1.22. The van der Waals surface area contributed by atoms with Crippen molar-refractivity contribution in [3.05, 3.63) is 34.9 Å². The number of rotatable bonds is 2. The van der Waals surface area contributed by atoms with E-state index in [1.165, 1.54) is 18.2 Å². The van der Waals surface area contributed by atoms with Crippen LogP contribution in [0, 0.1) is 29.6 Å². The van der Waals surface area contributed by atoms with Crippen LogP contribution >= 0.6 is 0 Å². The molecule has 3 nitrogen and oxygen atoms in total. The van der Waals surface area contributed by atoms with E-state index in [-0.39, 0.29) is 5.57 Å². The Morgan fingerprint density at radius 1 is 1.28 bits per heavy atom. The summed E-state index contributed by atoms with van der Waals surface area (Å²) in [6.07, 6.45) is -3.57. The molecule has 18 heavy (non-hydrogen) atoms.